The van der Waals surface area contributed by atoms with E-state index < -0.39 is 0 Å². The van der Waals surface area contributed by atoms with Gasteiger partial charge in [0.25, 0.3) is 0 Å². The van der Waals surface area contributed by atoms with Crippen LogP contribution in [0.5, 0.6) is 17.2 Å². The zero-order chi connectivity index (χ0) is 21.0. The molecule has 2 aromatic carbocycles. The van der Waals surface area contributed by atoms with Crippen molar-refractivity contribution in [1.82, 2.24) is 0 Å². The van der Waals surface area contributed by atoms with Gasteiger partial charge in [0.05, 0.1) is 11.7 Å². The first-order valence-corrected chi connectivity index (χ1v) is 9.69. The Morgan fingerprint density at radius 3 is 2.00 bits per heavy atom. The number of rotatable bonds is 7. The summed E-state index contributed by atoms with van der Waals surface area (Å²) in [7, 11) is 0. The molecule has 0 aliphatic rings. The van der Waals surface area contributed by atoms with E-state index in [0.717, 1.165) is 11.1 Å². The number of carbonyl (C=O) groups excluding carboxylic acids is 1. The molecule has 28 heavy (non-hydrogen) atoms. The molecule has 2 rings (SSSR count). The van der Waals surface area contributed by atoms with E-state index in [9.17, 15) is 15.0 Å². The Kier molecular flexibility index (Phi) is 6.90. The van der Waals surface area contributed by atoms with Gasteiger partial charge < -0.3 is 14.9 Å². The second-order valence-corrected chi connectivity index (χ2v) is 7.87. The molecule has 0 heterocycles. The lowest BCUT2D eigenvalue weighted by Crippen LogP contribution is -2.11. The number of carbonyl (C=O) groups is 1. The zero-order valence-corrected chi connectivity index (χ0v) is 17.5. The summed E-state index contributed by atoms with van der Waals surface area (Å²) >= 11 is 0. The smallest absolute Gasteiger partial charge is 0.185 e. The number of ether oxygens (including phenoxy) is 1. The molecule has 0 saturated carbocycles. The first-order chi connectivity index (χ1) is 13.1. The number of ketones is 1. The van der Waals surface area contributed by atoms with Gasteiger partial charge in [0, 0.05) is 5.56 Å². The minimum absolute atomic E-state index is 0.0678. The van der Waals surface area contributed by atoms with E-state index in [1.807, 2.05) is 33.8 Å². The van der Waals surface area contributed by atoms with Crippen LogP contribution in [0, 0.1) is 0 Å². The third kappa shape index (κ3) is 4.94. The molecule has 2 N–H and O–H groups in total. The summed E-state index contributed by atoms with van der Waals surface area (Å²) in [6, 6.07) is 8.08. The van der Waals surface area contributed by atoms with Crippen molar-refractivity contribution in [3.05, 3.63) is 58.7 Å². The molecule has 0 amide bonds. The molecule has 0 atom stereocenters. The van der Waals surface area contributed by atoms with Crippen molar-refractivity contribution < 1.29 is 19.7 Å². The highest BCUT2D eigenvalue weighted by Gasteiger charge is 2.21. The van der Waals surface area contributed by atoms with Gasteiger partial charge in [0.15, 0.2) is 5.78 Å². The highest BCUT2D eigenvalue weighted by atomic mass is 16.5. The Morgan fingerprint density at radius 1 is 0.929 bits per heavy atom. The highest BCUT2D eigenvalue weighted by Crippen LogP contribution is 2.42. The van der Waals surface area contributed by atoms with Crippen molar-refractivity contribution in [2.24, 2.45) is 0 Å². The highest BCUT2D eigenvalue weighted by molar-refractivity contribution is 6.07. The van der Waals surface area contributed by atoms with E-state index >= 15 is 0 Å². The van der Waals surface area contributed by atoms with Gasteiger partial charge in [-0.2, -0.15) is 0 Å². The Balaban J connectivity index is 2.58. The Bertz CT molecular complexity index is 859. The molecular weight excluding hydrogens is 352 g/mol. The normalized spacial score (nSPS) is 11.8. The lowest BCUT2D eigenvalue weighted by atomic mass is 9.90. The van der Waals surface area contributed by atoms with Gasteiger partial charge in [0.1, 0.15) is 17.2 Å². The summed E-state index contributed by atoms with van der Waals surface area (Å²) in [5.74, 6) is 0.983. The fourth-order valence-corrected chi connectivity index (χ4v) is 2.99. The first kappa shape index (κ1) is 21.5. The van der Waals surface area contributed by atoms with Crippen molar-refractivity contribution in [3.8, 4) is 17.2 Å². The summed E-state index contributed by atoms with van der Waals surface area (Å²) in [5.41, 5.74) is 2.82. The largest absolute Gasteiger partial charge is 0.508 e. The average molecular weight is 383 g/mol. The molecular formula is C24H30O4. The fraction of sp³-hybridized carbons (Fsp3) is 0.375. The predicted molar refractivity (Wildman–Crippen MR) is 114 cm³/mol. The maximum Gasteiger partial charge on any atom is 0.185 e. The van der Waals surface area contributed by atoms with E-state index in [0.29, 0.717) is 16.9 Å². The quantitative estimate of drug-likeness (QED) is 0.453. The van der Waals surface area contributed by atoms with Crippen LogP contribution in [0.25, 0.3) is 6.08 Å². The average Bonchev–Trinajstić information content (AvgIpc) is 2.60. The van der Waals surface area contributed by atoms with E-state index in [4.69, 9.17) is 4.74 Å². The summed E-state index contributed by atoms with van der Waals surface area (Å²) in [4.78, 5) is 12.5. The standard InChI is InChI=1S/C24H30O4/c1-14(2)20-13-21(15(3)4)24(28-16(5)6)19(23(20)27)11-12-22(26)17-7-9-18(25)10-8-17/h7-16,25,27H,1-6H3. The van der Waals surface area contributed by atoms with E-state index in [2.05, 4.69) is 13.8 Å². The van der Waals surface area contributed by atoms with Crippen LogP contribution in [0.15, 0.2) is 36.4 Å². The van der Waals surface area contributed by atoms with Gasteiger partial charge in [-0.15, -0.1) is 0 Å². The summed E-state index contributed by atoms with van der Waals surface area (Å²) < 4.78 is 6.05. The van der Waals surface area contributed by atoms with Crippen LogP contribution in [0.4, 0.5) is 0 Å². The molecule has 0 saturated heterocycles. The molecule has 0 aliphatic heterocycles. The number of allylic oxidation sites excluding steroid dienone is 1. The summed E-state index contributed by atoms with van der Waals surface area (Å²) in [5, 5.41) is 20.3. The minimum Gasteiger partial charge on any atom is -0.508 e. The number of phenolic OH excluding ortho intramolecular Hbond substituents is 2. The Labute approximate surface area is 167 Å². The Hall–Kier alpha value is -2.75. The van der Waals surface area contributed by atoms with Crippen molar-refractivity contribution in [3.63, 3.8) is 0 Å². The van der Waals surface area contributed by atoms with Crippen LogP contribution < -0.4 is 4.74 Å². The summed E-state index contributed by atoms with van der Waals surface area (Å²) in [6.07, 6.45) is 2.99. The molecule has 0 aromatic heterocycles. The monoisotopic (exact) mass is 382 g/mol. The van der Waals surface area contributed by atoms with Gasteiger partial charge in [-0.25, -0.2) is 0 Å². The van der Waals surface area contributed by atoms with E-state index in [1.54, 1.807) is 18.2 Å². The Morgan fingerprint density at radius 2 is 1.50 bits per heavy atom. The lowest BCUT2D eigenvalue weighted by Gasteiger charge is -2.23. The number of hydrogen-bond acceptors (Lipinski definition) is 4. The van der Waals surface area contributed by atoms with Crippen LogP contribution in [-0.2, 0) is 0 Å². The topological polar surface area (TPSA) is 66.8 Å². The first-order valence-electron chi connectivity index (χ1n) is 9.69. The van der Waals surface area contributed by atoms with Gasteiger partial charge >= 0.3 is 0 Å². The molecule has 0 radical (unpaired) electrons. The van der Waals surface area contributed by atoms with E-state index in [1.165, 1.54) is 18.2 Å². The van der Waals surface area contributed by atoms with Gasteiger partial charge in [-0.3, -0.25) is 4.79 Å². The van der Waals surface area contributed by atoms with Crippen molar-refractivity contribution in [2.75, 3.05) is 0 Å². The maximum atomic E-state index is 12.5. The number of phenols is 2. The molecule has 0 spiro atoms. The number of hydrogen-bond donors (Lipinski definition) is 2. The summed E-state index contributed by atoms with van der Waals surface area (Å²) in [6.45, 7) is 12.1. The zero-order valence-electron chi connectivity index (χ0n) is 17.5. The van der Waals surface area contributed by atoms with Crippen LogP contribution >= 0.6 is 0 Å². The second kappa shape index (κ2) is 8.96. The van der Waals surface area contributed by atoms with Crippen LogP contribution in [-0.4, -0.2) is 22.1 Å². The predicted octanol–water partition coefficient (Wildman–Crippen LogP) is 6.03. The third-order valence-electron chi connectivity index (χ3n) is 4.50. The number of aromatic hydroxyl groups is 2. The third-order valence-corrected chi connectivity index (χ3v) is 4.50. The molecule has 2 aromatic rings. The number of benzene rings is 2. The van der Waals surface area contributed by atoms with Crippen LogP contribution in [0.3, 0.4) is 0 Å². The fourth-order valence-electron chi connectivity index (χ4n) is 2.99. The van der Waals surface area contributed by atoms with Gasteiger partial charge in [-0.1, -0.05) is 27.7 Å². The molecule has 0 fully saturated rings. The molecule has 4 nitrogen and oxygen atoms in total. The van der Waals surface area contributed by atoms with Crippen molar-refractivity contribution in [2.45, 2.75) is 59.5 Å². The second-order valence-electron chi connectivity index (χ2n) is 7.87. The molecule has 150 valence electrons. The van der Waals surface area contributed by atoms with Gasteiger partial charge in [0.2, 0.25) is 0 Å². The molecule has 0 bridgehead atoms. The van der Waals surface area contributed by atoms with Crippen molar-refractivity contribution >= 4 is 11.9 Å². The lowest BCUT2D eigenvalue weighted by molar-refractivity contribution is 0.104. The van der Waals surface area contributed by atoms with Crippen molar-refractivity contribution in [1.29, 1.82) is 0 Å². The van der Waals surface area contributed by atoms with E-state index in [-0.39, 0.29) is 35.2 Å². The van der Waals surface area contributed by atoms with Gasteiger partial charge in [-0.05, 0) is 79.3 Å². The molecule has 0 aliphatic carbocycles. The molecule has 0 unspecified atom stereocenters. The molecule has 4 heteroatoms. The van der Waals surface area contributed by atoms with Crippen LogP contribution in [0.2, 0.25) is 0 Å². The van der Waals surface area contributed by atoms with Crippen LogP contribution in [0.1, 0.15) is 80.4 Å². The minimum atomic E-state index is -0.212. The SMILES string of the molecule is CC(C)Oc1c(C(C)C)cc(C(C)C)c(O)c1C=CC(=O)c1ccc(O)cc1. The maximum absolute atomic E-state index is 12.5.